The Bertz CT molecular complexity index is 1280. The second-order valence-electron chi connectivity index (χ2n) is 11.0. The van der Waals surface area contributed by atoms with Gasteiger partial charge in [-0.2, -0.15) is 10.4 Å². The summed E-state index contributed by atoms with van der Waals surface area (Å²) in [5.74, 6) is 0.362. The predicted molar refractivity (Wildman–Crippen MR) is 150 cm³/mol. The summed E-state index contributed by atoms with van der Waals surface area (Å²) in [6.45, 7) is 7.21. The number of amides is 2. The SMILES string of the molecule is C=C[C@@]1(F)CN(C2CCCC2)c2nc(Nc3ccc(C(=O)N[NH+]4CC[NH+](C)CC4)cc3OC)ncc2N(C)C1=O. The number of aromatic nitrogens is 2. The molecular weight excluding hydrogens is 515 g/mol. The number of benzene rings is 1. The summed E-state index contributed by atoms with van der Waals surface area (Å²) in [5, 5.41) is 4.24. The number of ether oxygens (including phenoxy) is 1. The lowest BCUT2D eigenvalue weighted by molar-refractivity contribution is -1.02. The number of piperazine rings is 1. The van der Waals surface area contributed by atoms with Gasteiger partial charge >= 0.3 is 0 Å². The van der Waals surface area contributed by atoms with Crippen molar-refractivity contribution in [2.24, 2.45) is 0 Å². The van der Waals surface area contributed by atoms with Crippen molar-refractivity contribution in [1.82, 2.24) is 15.4 Å². The fourth-order valence-corrected chi connectivity index (χ4v) is 5.72. The fraction of sp³-hybridized carbons (Fsp3) is 0.500. The Kier molecular flexibility index (Phi) is 7.90. The zero-order chi connectivity index (χ0) is 28.4. The van der Waals surface area contributed by atoms with Crippen molar-refractivity contribution in [3.05, 3.63) is 42.6 Å². The second-order valence-corrected chi connectivity index (χ2v) is 11.0. The van der Waals surface area contributed by atoms with E-state index in [0.29, 0.717) is 28.5 Å². The number of quaternary nitrogens is 2. The molecule has 2 amide bonds. The van der Waals surface area contributed by atoms with E-state index in [4.69, 9.17) is 9.72 Å². The molecule has 2 aliphatic heterocycles. The molecule has 1 aromatic carbocycles. The number of hydrogen-bond donors (Lipinski definition) is 4. The van der Waals surface area contributed by atoms with Crippen LogP contribution < -0.4 is 35.2 Å². The van der Waals surface area contributed by atoms with Crippen LogP contribution in [0.3, 0.4) is 0 Å². The van der Waals surface area contributed by atoms with Gasteiger partial charge in [0.05, 0.1) is 32.6 Å². The minimum atomic E-state index is -2.24. The topological polar surface area (TPSA) is 109 Å². The van der Waals surface area contributed by atoms with Crippen LogP contribution in [0.25, 0.3) is 0 Å². The third kappa shape index (κ3) is 5.46. The van der Waals surface area contributed by atoms with Crippen molar-refractivity contribution in [1.29, 1.82) is 0 Å². The van der Waals surface area contributed by atoms with Crippen molar-refractivity contribution in [3.8, 4) is 5.75 Å². The minimum Gasteiger partial charge on any atom is -0.495 e. The zero-order valence-corrected chi connectivity index (χ0v) is 23.4. The lowest BCUT2D eigenvalue weighted by Crippen LogP contribution is -3.30. The quantitative estimate of drug-likeness (QED) is 0.354. The van der Waals surface area contributed by atoms with E-state index in [0.717, 1.165) is 62.9 Å². The van der Waals surface area contributed by atoms with Crippen molar-refractivity contribution in [2.75, 3.05) is 69.0 Å². The molecule has 0 spiro atoms. The molecule has 3 heterocycles. The first-order valence-corrected chi connectivity index (χ1v) is 13.9. The molecule has 1 aliphatic carbocycles. The molecule has 1 saturated carbocycles. The molecule has 11 nitrogen and oxygen atoms in total. The van der Waals surface area contributed by atoms with Crippen LogP contribution in [0.4, 0.5) is 27.5 Å². The molecule has 5 rings (SSSR count). The molecule has 12 heteroatoms. The van der Waals surface area contributed by atoms with Crippen LogP contribution in [-0.4, -0.2) is 87.4 Å². The number of nitrogens with zero attached hydrogens (tertiary/aromatic N) is 4. The summed E-state index contributed by atoms with van der Waals surface area (Å²) in [6.07, 6.45) is 6.49. The summed E-state index contributed by atoms with van der Waals surface area (Å²) < 4.78 is 21.4. The van der Waals surface area contributed by atoms with E-state index in [1.165, 1.54) is 30.2 Å². The molecule has 0 bridgehead atoms. The Hall–Kier alpha value is -3.77. The maximum atomic E-state index is 15.8. The van der Waals surface area contributed by atoms with Crippen molar-refractivity contribution in [3.63, 3.8) is 0 Å². The monoisotopic (exact) mass is 554 g/mol. The summed E-state index contributed by atoms with van der Waals surface area (Å²) in [7, 11) is 5.22. The number of carbonyl (C=O) groups is 2. The maximum absolute atomic E-state index is 15.8. The number of carbonyl (C=O) groups excluding carboxylic acids is 2. The van der Waals surface area contributed by atoms with Gasteiger partial charge in [-0.15, -0.1) is 0 Å². The minimum absolute atomic E-state index is 0.0621. The van der Waals surface area contributed by atoms with Gasteiger partial charge in [-0.05, 0) is 37.1 Å². The van der Waals surface area contributed by atoms with E-state index < -0.39 is 11.6 Å². The molecule has 2 aromatic rings. The Morgan fingerprint density at radius 1 is 1.25 bits per heavy atom. The third-order valence-electron chi connectivity index (χ3n) is 8.24. The largest absolute Gasteiger partial charge is 0.495 e. The Morgan fingerprint density at radius 2 is 1.98 bits per heavy atom. The number of likely N-dealkylation sites (N-methyl/N-ethyl adjacent to an activating group) is 1. The average Bonchev–Trinajstić information content (AvgIpc) is 3.49. The first kappa shape index (κ1) is 27.8. The van der Waals surface area contributed by atoms with Gasteiger partial charge in [-0.3, -0.25) is 9.59 Å². The normalized spacial score (nSPS) is 25.2. The van der Waals surface area contributed by atoms with Crippen molar-refractivity contribution in [2.45, 2.75) is 37.4 Å². The molecular formula is C28H39FN8O3+2. The first-order valence-electron chi connectivity index (χ1n) is 13.9. The van der Waals surface area contributed by atoms with Crippen molar-refractivity contribution >= 4 is 35.0 Å². The van der Waals surface area contributed by atoms with Crippen LogP contribution in [0.5, 0.6) is 5.75 Å². The molecule has 214 valence electrons. The molecule has 4 N–H and O–H groups in total. The summed E-state index contributed by atoms with van der Waals surface area (Å²) in [6, 6.07) is 5.22. The van der Waals surface area contributed by atoms with E-state index in [9.17, 15) is 9.59 Å². The van der Waals surface area contributed by atoms with E-state index in [2.05, 4.69) is 29.4 Å². The van der Waals surface area contributed by atoms with Gasteiger partial charge in [0, 0.05) is 18.7 Å². The fourth-order valence-electron chi connectivity index (χ4n) is 5.72. The number of alkyl halides is 1. The zero-order valence-electron chi connectivity index (χ0n) is 23.4. The summed E-state index contributed by atoms with van der Waals surface area (Å²) in [4.78, 5) is 39.8. The lowest BCUT2D eigenvalue weighted by Gasteiger charge is -2.32. The molecule has 40 heavy (non-hydrogen) atoms. The van der Waals surface area contributed by atoms with Gasteiger partial charge in [0.1, 0.15) is 37.6 Å². The third-order valence-corrected chi connectivity index (χ3v) is 8.24. The van der Waals surface area contributed by atoms with Crippen LogP contribution in [0.1, 0.15) is 36.0 Å². The highest BCUT2D eigenvalue weighted by atomic mass is 19.1. The Balaban J connectivity index is 1.40. The first-order chi connectivity index (χ1) is 19.2. The number of nitrogens with one attached hydrogen (secondary N) is 4. The van der Waals surface area contributed by atoms with Gasteiger partial charge in [-0.25, -0.2) is 14.4 Å². The van der Waals surface area contributed by atoms with E-state index in [1.54, 1.807) is 18.2 Å². The van der Waals surface area contributed by atoms with Gasteiger partial charge in [0.25, 0.3) is 11.8 Å². The van der Waals surface area contributed by atoms with Crippen LogP contribution in [-0.2, 0) is 4.79 Å². The molecule has 0 unspecified atom stereocenters. The lowest BCUT2D eigenvalue weighted by atomic mass is 10.0. The van der Waals surface area contributed by atoms with Gasteiger partial charge in [-0.1, -0.05) is 19.4 Å². The highest BCUT2D eigenvalue weighted by Gasteiger charge is 2.46. The van der Waals surface area contributed by atoms with Crippen molar-refractivity contribution < 1.29 is 28.6 Å². The molecule has 3 aliphatic rings. The summed E-state index contributed by atoms with van der Waals surface area (Å²) in [5.41, 5.74) is 2.32. The molecule has 1 saturated heterocycles. The van der Waals surface area contributed by atoms with E-state index in [-0.39, 0.29) is 24.4 Å². The molecule has 0 radical (unpaired) electrons. The van der Waals surface area contributed by atoms with Gasteiger partial charge in [0.15, 0.2) is 5.82 Å². The average molecular weight is 555 g/mol. The Labute approximate surface area is 234 Å². The van der Waals surface area contributed by atoms with Crippen LogP contribution >= 0.6 is 0 Å². The molecule has 1 atom stereocenters. The van der Waals surface area contributed by atoms with Gasteiger partial charge < -0.3 is 24.8 Å². The van der Waals surface area contributed by atoms with Crippen LogP contribution in [0.2, 0.25) is 0 Å². The highest BCUT2D eigenvalue weighted by Crippen LogP contribution is 2.40. The molecule has 1 aromatic heterocycles. The maximum Gasteiger partial charge on any atom is 0.296 e. The molecule has 2 fully saturated rings. The standard InChI is InChI=1S/C28H37FN8O3/c1-5-28(29)18-37(20-8-6-7-9-20)24-22(35(3)26(28)39)17-30-27(32-24)31-21-11-10-19(16-23(21)40-4)25(38)33-36-14-12-34(2)13-15-36/h5,10-11,16-17,20H,1,6-9,12-15,18H2,2-4H3,(H,33,38)(H,30,31,32)/p+2/t28-/m1/s1. The number of methoxy groups -OCH3 is 1. The van der Waals surface area contributed by atoms with Crippen LogP contribution in [0.15, 0.2) is 37.1 Å². The van der Waals surface area contributed by atoms with Gasteiger partial charge in [0.2, 0.25) is 11.6 Å². The van der Waals surface area contributed by atoms with Crippen LogP contribution in [0, 0.1) is 0 Å². The number of fused-ring (bicyclic) bond motifs is 1. The number of rotatable bonds is 7. The van der Waals surface area contributed by atoms with E-state index >= 15 is 4.39 Å². The highest BCUT2D eigenvalue weighted by molar-refractivity contribution is 6.04. The number of anilines is 4. The second kappa shape index (κ2) is 11.4. The smallest absolute Gasteiger partial charge is 0.296 e. The predicted octanol–water partition coefficient (Wildman–Crippen LogP) is -0.0935. The number of hydrogen-bond acceptors (Lipinski definition) is 7. The summed E-state index contributed by atoms with van der Waals surface area (Å²) >= 11 is 0. The number of halogens is 1. The Morgan fingerprint density at radius 3 is 2.65 bits per heavy atom. The van der Waals surface area contributed by atoms with E-state index in [1.807, 2.05) is 4.90 Å².